The molecule has 0 unspecified atom stereocenters. The Morgan fingerprint density at radius 3 is 2.50 bits per heavy atom. The molecule has 3 nitrogen and oxygen atoms in total. The fraction of sp³-hybridized carbons (Fsp3) is 0.471. The minimum atomic E-state index is 0.555. The zero-order valence-electron chi connectivity index (χ0n) is 11.8. The van der Waals surface area contributed by atoms with Crippen LogP contribution in [-0.2, 0) is 6.54 Å². The average molecular weight is 267 g/mol. The van der Waals surface area contributed by atoms with Crippen molar-refractivity contribution in [3.8, 4) is 0 Å². The Labute approximate surface area is 119 Å². The number of benzene rings is 1. The van der Waals surface area contributed by atoms with Gasteiger partial charge in [-0.2, -0.15) is 0 Å². The summed E-state index contributed by atoms with van der Waals surface area (Å²) in [7, 11) is 0. The fourth-order valence-electron chi connectivity index (χ4n) is 3.00. The lowest BCUT2D eigenvalue weighted by molar-refractivity contribution is 0.711. The van der Waals surface area contributed by atoms with Crippen LogP contribution < -0.4 is 10.6 Å². The van der Waals surface area contributed by atoms with Gasteiger partial charge in [0.15, 0.2) is 0 Å². The highest BCUT2D eigenvalue weighted by Gasteiger charge is 2.35. The molecule has 0 aliphatic heterocycles. The van der Waals surface area contributed by atoms with E-state index in [1.165, 1.54) is 48.8 Å². The molecule has 1 heterocycles. The largest absolute Gasteiger partial charge is 0.353 e. The van der Waals surface area contributed by atoms with Gasteiger partial charge in [0.2, 0.25) is 0 Å². The number of aromatic nitrogens is 1. The standard InChI is InChI=1S/C17H21N3/c18-9-13-10-19-17(16-4-2-1-3-15(13)16)20(14-7-8-14)11-12-5-6-12/h1-4,10,12,14H,5-9,11,18H2. The molecule has 1 aromatic carbocycles. The molecular weight excluding hydrogens is 246 g/mol. The van der Waals surface area contributed by atoms with E-state index in [4.69, 9.17) is 10.7 Å². The summed E-state index contributed by atoms with van der Waals surface area (Å²) in [6.45, 7) is 1.74. The summed E-state index contributed by atoms with van der Waals surface area (Å²) in [5, 5.41) is 2.53. The number of pyridine rings is 1. The van der Waals surface area contributed by atoms with E-state index in [2.05, 4.69) is 29.2 Å². The molecule has 4 rings (SSSR count). The first kappa shape index (κ1) is 12.2. The maximum absolute atomic E-state index is 5.85. The van der Waals surface area contributed by atoms with Crippen LogP contribution in [-0.4, -0.2) is 17.6 Å². The van der Waals surface area contributed by atoms with Crippen molar-refractivity contribution in [1.82, 2.24) is 4.98 Å². The zero-order valence-corrected chi connectivity index (χ0v) is 11.8. The Morgan fingerprint density at radius 2 is 1.85 bits per heavy atom. The number of nitrogens with two attached hydrogens (primary N) is 1. The van der Waals surface area contributed by atoms with Crippen molar-refractivity contribution >= 4 is 16.6 Å². The SMILES string of the molecule is NCc1cnc(N(CC2CC2)C2CC2)c2ccccc12. The number of hydrogen-bond acceptors (Lipinski definition) is 3. The number of hydrogen-bond donors (Lipinski definition) is 1. The summed E-state index contributed by atoms with van der Waals surface area (Å²) < 4.78 is 0. The van der Waals surface area contributed by atoms with Crippen LogP contribution in [0.3, 0.4) is 0 Å². The summed E-state index contributed by atoms with van der Waals surface area (Å²) in [6.07, 6.45) is 7.40. The van der Waals surface area contributed by atoms with Gasteiger partial charge in [-0.3, -0.25) is 0 Å². The lowest BCUT2D eigenvalue weighted by Gasteiger charge is -2.25. The van der Waals surface area contributed by atoms with Gasteiger partial charge in [0, 0.05) is 30.7 Å². The van der Waals surface area contributed by atoms with Gasteiger partial charge in [0.1, 0.15) is 5.82 Å². The van der Waals surface area contributed by atoms with Gasteiger partial charge in [-0.05, 0) is 42.6 Å². The lowest BCUT2D eigenvalue weighted by Crippen LogP contribution is -2.29. The fourth-order valence-corrected chi connectivity index (χ4v) is 3.00. The molecular formula is C17H21N3. The van der Waals surface area contributed by atoms with Gasteiger partial charge in [-0.1, -0.05) is 24.3 Å². The molecule has 0 radical (unpaired) electrons. The van der Waals surface area contributed by atoms with Gasteiger partial charge < -0.3 is 10.6 Å². The summed E-state index contributed by atoms with van der Waals surface area (Å²) >= 11 is 0. The molecule has 2 aliphatic carbocycles. The van der Waals surface area contributed by atoms with Crippen molar-refractivity contribution in [2.24, 2.45) is 11.7 Å². The average Bonchev–Trinajstić information content (AvgIpc) is 3.37. The number of rotatable bonds is 5. The summed E-state index contributed by atoms with van der Waals surface area (Å²) in [4.78, 5) is 7.32. The minimum absolute atomic E-state index is 0.555. The third-order valence-electron chi connectivity index (χ3n) is 4.49. The summed E-state index contributed by atoms with van der Waals surface area (Å²) in [6, 6.07) is 9.28. The van der Waals surface area contributed by atoms with Crippen LogP contribution in [0, 0.1) is 5.92 Å². The molecule has 2 aromatic rings. The molecule has 1 aromatic heterocycles. The lowest BCUT2D eigenvalue weighted by atomic mass is 10.1. The Hall–Kier alpha value is -1.61. The second-order valence-corrected chi connectivity index (χ2v) is 6.18. The van der Waals surface area contributed by atoms with Gasteiger partial charge in [-0.25, -0.2) is 4.98 Å². The van der Waals surface area contributed by atoms with E-state index in [0.29, 0.717) is 6.54 Å². The van der Waals surface area contributed by atoms with Crippen LogP contribution in [0.5, 0.6) is 0 Å². The van der Waals surface area contributed by atoms with Crippen molar-refractivity contribution in [3.05, 3.63) is 36.0 Å². The van der Waals surface area contributed by atoms with Crippen LogP contribution in [0.2, 0.25) is 0 Å². The van der Waals surface area contributed by atoms with Crippen LogP contribution in [0.15, 0.2) is 30.5 Å². The molecule has 0 saturated heterocycles. The van der Waals surface area contributed by atoms with Crippen molar-refractivity contribution in [3.63, 3.8) is 0 Å². The molecule has 2 saturated carbocycles. The third-order valence-corrected chi connectivity index (χ3v) is 4.49. The molecule has 104 valence electrons. The highest BCUT2D eigenvalue weighted by molar-refractivity contribution is 5.94. The molecule has 20 heavy (non-hydrogen) atoms. The van der Waals surface area contributed by atoms with Gasteiger partial charge in [0.25, 0.3) is 0 Å². The summed E-state index contributed by atoms with van der Waals surface area (Å²) in [5.41, 5.74) is 7.00. The Kier molecular flexibility index (Phi) is 2.88. The molecule has 2 N–H and O–H groups in total. The van der Waals surface area contributed by atoms with Crippen molar-refractivity contribution in [1.29, 1.82) is 0 Å². The monoisotopic (exact) mass is 267 g/mol. The number of anilines is 1. The van der Waals surface area contributed by atoms with Crippen LogP contribution in [0.25, 0.3) is 10.8 Å². The number of fused-ring (bicyclic) bond motifs is 1. The number of nitrogens with zero attached hydrogens (tertiary/aromatic N) is 2. The molecule has 0 amide bonds. The third kappa shape index (κ3) is 2.16. The normalized spacial score (nSPS) is 18.4. The van der Waals surface area contributed by atoms with E-state index in [9.17, 15) is 0 Å². The Morgan fingerprint density at radius 1 is 1.10 bits per heavy atom. The first-order valence-corrected chi connectivity index (χ1v) is 7.70. The van der Waals surface area contributed by atoms with Crippen LogP contribution in [0.1, 0.15) is 31.2 Å². The molecule has 0 bridgehead atoms. The van der Waals surface area contributed by atoms with Crippen molar-refractivity contribution in [2.75, 3.05) is 11.4 Å². The van der Waals surface area contributed by atoms with E-state index in [1.807, 2.05) is 6.20 Å². The molecule has 2 aliphatic rings. The summed E-state index contributed by atoms with van der Waals surface area (Å²) in [5.74, 6) is 2.07. The molecule has 0 spiro atoms. The van der Waals surface area contributed by atoms with E-state index in [0.717, 1.165) is 17.5 Å². The van der Waals surface area contributed by atoms with E-state index in [-0.39, 0.29) is 0 Å². The second-order valence-electron chi connectivity index (χ2n) is 6.18. The predicted molar refractivity (Wildman–Crippen MR) is 82.7 cm³/mol. The van der Waals surface area contributed by atoms with E-state index in [1.54, 1.807) is 0 Å². The molecule has 2 fully saturated rings. The van der Waals surface area contributed by atoms with Crippen molar-refractivity contribution < 1.29 is 0 Å². The van der Waals surface area contributed by atoms with E-state index < -0.39 is 0 Å². The van der Waals surface area contributed by atoms with Gasteiger partial charge >= 0.3 is 0 Å². The van der Waals surface area contributed by atoms with Gasteiger partial charge in [0.05, 0.1) is 0 Å². The Balaban J connectivity index is 1.81. The quantitative estimate of drug-likeness (QED) is 0.905. The zero-order chi connectivity index (χ0) is 13.5. The maximum atomic E-state index is 5.85. The molecule has 0 atom stereocenters. The topological polar surface area (TPSA) is 42.1 Å². The van der Waals surface area contributed by atoms with Crippen LogP contribution in [0.4, 0.5) is 5.82 Å². The molecule has 3 heteroatoms. The second kappa shape index (κ2) is 4.74. The van der Waals surface area contributed by atoms with E-state index >= 15 is 0 Å². The van der Waals surface area contributed by atoms with Crippen LogP contribution >= 0.6 is 0 Å². The first-order valence-electron chi connectivity index (χ1n) is 7.70. The first-order chi connectivity index (χ1) is 9.86. The Bertz CT molecular complexity index is 629. The van der Waals surface area contributed by atoms with Gasteiger partial charge in [-0.15, -0.1) is 0 Å². The van der Waals surface area contributed by atoms with Crippen molar-refractivity contribution in [2.45, 2.75) is 38.3 Å². The highest BCUT2D eigenvalue weighted by atomic mass is 15.2. The minimum Gasteiger partial charge on any atom is -0.353 e. The predicted octanol–water partition coefficient (Wildman–Crippen LogP) is 3.07. The maximum Gasteiger partial charge on any atom is 0.136 e. The highest BCUT2D eigenvalue weighted by Crippen LogP contribution is 2.39. The smallest absolute Gasteiger partial charge is 0.136 e.